The van der Waals surface area contributed by atoms with Crippen molar-refractivity contribution in [2.45, 2.75) is 25.8 Å². The van der Waals surface area contributed by atoms with Gasteiger partial charge >= 0.3 is 0 Å². The molecule has 5 heteroatoms. The lowest BCUT2D eigenvalue weighted by Gasteiger charge is -2.23. The van der Waals surface area contributed by atoms with Gasteiger partial charge in [-0.15, -0.1) is 0 Å². The molecule has 2 aromatic rings. The smallest absolute Gasteiger partial charge is 0.248 e. The van der Waals surface area contributed by atoms with Gasteiger partial charge in [0, 0.05) is 11.3 Å². The summed E-state index contributed by atoms with van der Waals surface area (Å²) in [7, 11) is 1.95. The molecule has 3 N–H and O–H groups in total. The maximum atomic E-state index is 12.4. The van der Waals surface area contributed by atoms with Crippen LogP contribution in [-0.2, 0) is 11.2 Å². The lowest BCUT2D eigenvalue weighted by Crippen LogP contribution is -2.40. The molecule has 0 radical (unpaired) electrons. The van der Waals surface area contributed by atoms with E-state index in [1.165, 1.54) is 5.56 Å². The lowest BCUT2D eigenvalue weighted by molar-refractivity contribution is -0.120. The van der Waals surface area contributed by atoms with E-state index < -0.39 is 5.91 Å². The van der Waals surface area contributed by atoms with Crippen molar-refractivity contribution in [3.8, 4) is 0 Å². The van der Waals surface area contributed by atoms with Gasteiger partial charge in [0.15, 0.2) is 0 Å². The maximum Gasteiger partial charge on any atom is 0.248 e. The second-order valence-electron chi connectivity index (χ2n) is 6.18. The fourth-order valence-electron chi connectivity index (χ4n) is 2.54. The molecule has 1 atom stereocenters. The first-order valence-corrected chi connectivity index (χ1v) is 8.42. The van der Waals surface area contributed by atoms with E-state index in [0.717, 1.165) is 19.4 Å². The van der Waals surface area contributed by atoms with Crippen LogP contribution in [0.25, 0.3) is 0 Å². The Balaban J connectivity index is 1.80. The lowest BCUT2D eigenvalue weighted by atomic mass is 10.1. The molecule has 5 nitrogen and oxygen atoms in total. The van der Waals surface area contributed by atoms with Gasteiger partial charge in [-0.3, -0.25) is 14.5 Å². The van der Waals surface area contributed by atoms with E-state index >= 15 is 0 Å². The molecule has 0 bridgehead atoms. The van der Waals surface area contributed by atoms with Crippen LogP contribution < -0.4 is 11.1 Å². The minimum Gasteiger partial charge on any atom is -0.366 e. The SMILES string of the molecule is C[C@H](C(=O)Nc1ccc(C(N)=O)cc1)N(C)CCCc1ccccc1. The number of nitrogens with two attached hydrogens (primary N) is 1. The third-order valence-corrected chi connectivity index (χ3v) is 4.30. The van der Waals surface area contributed by atoms with Crippen molar-refractivity contribution in [1.29, 1.82) is 0 Å². The Bertz CT molecular complexity index is 699. The molecule has 0 saturated heterocycles. The number of carbonyl (C=O) groups excluding carboxylic acids is 2. The van der Waals surface area contributed by atoms with Crippen LogP contribution in [0.5, 0.6) is 0 Å². The Morgan fingerprint density at radius 2 is 1.72 bits per heavy atom. The molecule has 0 aliphatic rings. The first-order chi connectivity index (χ1) is 12.0. The summed E-state index contributed by atoms with van der Waals surface area (Å²) in [5, 5.41) is 2.86. The second-order valence-corrected chi connectivity index (χ2v) is 6.18. The molecule has 0 aliphatic carbocycles. The topological polar surface area (TPSA) is 75.4 Å². The maximum absolute atomic E-state index is 12.4. The van der Waals surface area contributed by atoms with E-state index in [1.54, 1.807) is 24.3 Å². The Labute approximate surface area is 148 Å². The van der Waals surface area contributed by atoms with Crippen LogP contribution in [0.2, 0.25) is 0 Å². The van der Waals surface area contributed by atoms with Crippen molar-refractivity contribution >= 4 is 17.5 Å². The van der Waals surface area contributed by atoms with Gasteiger partial charge < -0.3 is 11.1 Å². The van der Waals surface area contributed by atoms with Gasteiger partial charge in [-0.2, -0.15) is 0 Å². The number of nitrogens with zero attached hydrogens (tertiary/aromatic N) is 1. The molecule has 0 aromatic heterocycles. The monoisotopic (exact) mass is 339 g/mol. The van der Waals surface area contributed by atoms with Crippen molar-refractivity contribution in [3.63, 3.8) is 0 Å². The van der Waals surface area contributed by atoms with E-state index in [4.69, 9.17) is 5.73 Å². The van der Waals surface area contributed by atoms with Crippen LogP contribution in [0.3, 0.4) is 0 Å². The normalized spacial score (nSPS) is 12.0. The fourth-order valence-corrected chi connectivity index (χ4v) is 2.54. The molecule has 0 saturated carbocycles. The van der Waals surface area contributed by atoms with E-state index in [-0.39, 0.29) is 11.9 Å². The Kier molecular flexibility index (Phi) is 6.71. The minimum absolute atomic E-state index is 0.0750. The summed E-state index contributed by atoms with van der Waals surface area (Å²) < 4.78 is 0. The minimum atomic E-state index is -0.482. The van der Waals surface area contributed by atoms with Crippen LogP contribution in [0.4, 0.5) is 5.69 Å². The summed E-state index contributed by atoms with van der Waals surface area (Å²) in [5.41, 5.74) is 7.59. The van der Waals surface area contributed by atoms with Crippen molar-refractivity contribution in [1.82, 2.24) is 4.90 Å². The van der Waals surface area contributed by atoms with Gasteiger partial charge in [0.05, 0.1) is 6.04 Å². The van der Waals surface area contributed by atoms with Crippen LogP contribution in [0, 0.1) is 0 Å². The summed E-state index contributed by atoms with van der Waals surface area (Å²) in [6, 6.07) is 16.7. The molecule has 2 aromatic carbocycles. The molecular weight excluding hydrogens is 314 g/mol. The summed E-state index contributed by atoms with van der Waals surface area (Å²) in [4.78, 5) is 25.5. The number of amides is 2. The highest BCUT2D eigenvalue weighted by Gasteiger charge is 2.17. The molecule has 0 fully saturated rings. The van der Waals surface area contributed by atoms with Crippen LogP contribution in [0.15, 0.2) is 54.6 Å². The summed E-state index contributed by atoms with van der Waals surface area (Å²) in [5.74, 6) is -0.557. The van der Waals surface area contributed by atoms with Gasteiger partial charge in [-0.25, -0.2) is 0 Å². The Morgan fingerprint density at radius 3 is 2.32 bits per heavy atom. The van der Waals surface area contributed by atoms with Crippen molar-refractivity contribution in [2.24, 2.45) is 5.73 Å². The molecule has 0 aliphatic heterocycles. The highest BCUT2D eigenvalue weighted by atomic mass is 16.2. The third kappa shape index (κ3) is 5.72. The largest absolute Gasteiger partial charge is 0.366 e. The van der Waals surface area contributed by atoms with E-state index in [9.17, 15) is 9.59 Å². The van der Waals surface area contributed by atoms with Crippen molar-refractivity contribution in [3.05, 3.63) is 65.7 Å². The number of anilines is 1. The number of primary amides is 1. The first kappa shape index (κ1) is 18.7. The number of nitrogens with one attached hydrogen (secondary N) is 1. The third-order valence-electron chi connectivity index (χ3n) is 4.30. The van der Waals surface area contributed by atoms with Crippen molar-refractivity contribution < 1.29 is 9.59 Å². The van der Waals surface area contributed by atoms with E-state index in [2.05, 4.69) is 17.4 Å². The standard InChI is InChI=1S/C20H25N3O2/c1-15(23(2)14-6-9-16-7-4-3-5-8-16)20(25)22-18-12-10-17(11-13-18)19(21)24/h3-5,7-8,10-13,15H,6,9,14H2,1-2H3,(H2,21,24)(H,22,25)/t15-/m1/s1. The number of likely N-dealkylation sites (N-methyl/N-ethyl adjacent to an activating group) is 1. The van der Waals surface area contributed by atoms with Gasteiger partial charge in [0.2, 0.25) is 11.8 Å². The number of hydrogen-bond donors (Lipinski definition) is 2. The molecule has 0 unspecified atom stereocenters. The predicted molar refractivity (Wildman–Crippen MR) is 100 cm³/mol. The number of hydrogen-bond acceptors (Lipinski definition) is 3. The van der Waals surface area contributed by atoms with E-state index in [1.807, 2.05) is 37.1 Å². The van der Waals surface area contributed by atoms with Crippen LogP contribution in [0.1, 0.15) is 29.3 Å². The first-order valence-electron chi connectivity index (χ1n) is 8.42. The number of aryl methyl sites for hydroxylation is 1. The molecule has 0 spiro atoms. The average molecular weight is 339 g/mol. The van der Waals surface area contributed by atoms with Gasteiger partial charge in [0.1, 0.15) is 0 Å². The summed E-state index contributed by atoms with van der Waals surface area (Å²) in [6.07, 6.45) is 1.99. The Morgan fingerprint density at radius 1 is 1.08 bits per heavy atom. The highest BCUT2D eigenvalue weighted by molar-refractivity contribution is 5.96. The van der Waals surface area contributed by atoms with Crippen LogP contribution in [-0.4, -0.2) is 36.3 Å². The molecule has 2 amide bonds. The van der Waals surface area contributed by atoms with Gasteiger partial charge in [-0.05, 0) is 63.2 Å². The molecular formula is C20H25N3O2. The number of rotatable bonds is 8. The predicted octanol–water partition coefficient (Wildman–Crippen LogP) is 2.68. The molecule has 132 valence electrons. The molecule has 2 rings (SSSR count). The summed E-state index contributed by atoms with van der Waals surface area (Å²) >= 11 is 0. The highest BCUT2D eigenvalue weighted by Crippen LogP contribution is 2.11. The van der Waals surface area contributed by atoms with Gasteiger partial charge in [-0.1, -0.05) is 30.3 Å². The number of carbonyl (C=O) groups is 2. The zero-order valence-electron chi connectivity index (χ0n) is 14.7. The van der Waals surface area contributed by atoms with Crippen molar-refractivity contribution in [2.75, 3.05) is 18.9 Å². The average Bonchev–Trinajstić information content (AvgIpc) is 2.62. The van der Waals surface area contributed by atoms with Crippen LogP contribution >= 0.6 is 0 Å². The second kappa shape index (κ2) is 8.99. The molecule has 0 heterocycles. The zero-order valence-corrected chi connectivity index (χ0v) is 14.7. The summed E-state index contributed by atoms with van der Waals surface area (Å²) in [6.45, 7) is 2.72. The Hall–Kier alpha value is -2.66. The van der Waals surface area contributed by atoms with Gasteiger partial charge in [0.25, 0.3) is 0 Å². The molecule has 25 heavy (non-hydrogen) atoms. The van der Waals surface area contributed by atoms with E-state index in [0.29, 0.717) is 11.3 Å². The number of benzene rings is 2. The quantitative estimate of drug-likeness (QED) is 0.776. The fraction of sp³-hybridized carbons (Fsp3) is 0.300. The zero-order chi connectivity index (χ0) is 18.2.